The number of para-hydroxylation sites is 1. The van der Waals surface area contributed by atoms with Crippen LogP contribution in [0.4, 0.5) is 0 Å². The normalized spacial score (nSPS) is 15.9. The van der Waals surface area contributed by atoms with Crippen LogP contribution in [0.3, 0.4) is 0 Å². The van der Waals surface area contributed by atoms with E-state index in [0.717, 1.165) is 41.4 Å². The van der Waals surface area contributed by atoms with Crippen molar-refractivity contribution in [3.8, 4) is 5.69 Å². The lowest BCUT2D eigenvalue weighted by molar-refractivity contribution is -0.122. The maximum atomic E-state index is 12.8. The summed E-state index contributed by atoms with van der Waals surface area (Å²) in [6.07, 6.45) is 6.64. The number of nitrogens with zero attached hydrogens (tertiary/aromatic N) is 4. The lowest BCUT2D eigenvalue weighted by atomic mass is 9.92. The fourth-order valence-electron chi connectivity index (χ4n) is 4.53. The zero-order chi connectivity index (χ0) is 20.7. The lowest BCUT2D eigenvalue weighted by Gasteiger charge is -2.24. The van der Waals surface area contributed by atoms with Gasteiger partial charge in [-0.3, -0.25) is 9.48 Å². The summed E-state index contributed by atoms with van der Waals surface area (Å²) in [7, 11) is 0. The number of fused-ring (bicyclic) bond motifs is 2. The van der Waals surface area contributed by atoms with Crippen molar-refractivity contribution in [2.24, 2.45) is 0 Å². The van der Waals surface area contributed by atoms with Crippen LogP contribution in [-0.2, 0) is 17.8 Å². The highest BCUT2D eigenvalue weighted by Gasteiger charge is 2.26. The fourth-order valence-corrected chi connectivity index (χ4v) is 4.53. The van der Waals surface area contributed by atoms with Crippen molar-refractivity contribution >= 4 is 16.8 Å². The Hall–Kier alpha value is -3.41. The average Bonchev–Trinajstić information content (AvgIpc) is 3.32. The van der Waals surface area contributed by atoms with Gasteiger partial charge in [0.1, 0.15) is 6.54 Å². The summed E-state index contributed by atoms with van der Waals surface area (Å²) in [5.41, 5.74) is 6.83. The molecule has 0 radical (unpaired) electrons. The third kappa shape index (κ3) is 3.38. The largest absolute Gasteiger partial charge is 0.348 e. The van der Waals surface area contributed by atoms with Gasteiger partial charge in [-0.15, -0.1) is 0 Å². The molecular weight excluding hydrogens is 374 g/mol. The number of hydrogen-bond acceptors (Lipinski definition) is 3. The number of rotatable bonds is 4. The van der Waals surface area contributed by atoms with Crippen LogP contribution in [0.15, 0.2) is 54.9 Å². The van der Waals surface area contributed by atoms with Gasteiger partial charge in [0.2, 0.25) is 5.91 Å². The summed E-state index contributed by atoms with van der Waals surface area (Å²) in [5, 5.41) is 13.3. The molecule has 0 spiro atoms. The maximum Gasteiger partial charge on any atom is 0.242 e. The molecule has 1 N–H and O–H groups in total. The quantitative estimate of drug-likeness (QED) is 0.563. The first-order valence-electron chi connectivity index (χ1n) is 10.4. The SMILES string of the molecule is Cc1cc(C)cc(-n2ncc3c2CCCC3NC(=O)Cn2ncc3ccccc32)c1. The van der Waals surface area contributed by atoms with Gasteiger partial charge < -0.3 is 5.32 Å². The third-order valence-corrected chi connectivity index (χ3v) is 5.81. The van der Waals surface area contributed by atoms with Crippen molar-refractivity contribution in [2.75, 3.05) is 0 Å². The molecule has 4 aromatic rings. The van der Waals surface area contributed by atoms with E-state index in [1.165, 1.54) is 16.8 Å². The molecule has 0 bridgehead atoms. The van der Waals surface area contributed by atoms with Gasteiger partial charge in [-0.25, -0.2) is 4.68 Å². The minimum Gasteiger partial charge on any atom is -0.348 e. The van der Waals surface area contributed by atoms with Crippen LogP contribution in [0.2, 0.25) is 0 Å². The zero-order valence-electron chi connectivity index (χ0n) is 17.3. The first-order chi connectivity index (χ1) is 14.6. The molecule has 2 heterocycles. The number of hydrogen-bond donors (Lipinski definition) is 1. The molecule has 1 atom stereocenters. The molecule has 1 amide bonds. The summed E-state index contributed by atoms with van der Waals surface area (Å²) < 4.78 is 3.79. The standard InChI is InChI=1S/C24H25N5O/c1-16-10-17(2)12-19(11-16)29-23-9-5-7-21(20(23)14-26-29)27-24(30)15-28-22-8-4-3-6-18(22)13-25-28/h3-4,6,8,10-14,21H,5,7,9,15H2,1-2H3,(H,27,30). The Labute approximate surface area is 175 Å². The molecule has 0 fully saturated rings. The van der Waals surface area contributed by atoms with E-state index in [9.17, 15) is 4.79 Å². The van der Waals surface area contributed by atoms with Crippen molar-refractivity contribution in [3.05, 3.63) is 77.2 Å². The number of amides is 1. The van der Waals surface area contributed by atoms with E-state index in [4.69, 9.17) is 0 Å². The molecule has 2 aromatic heterocycles. The molecule has 1 aliphatic rings. The number of benzene rings is 2. The number of aromatic nitrogens is 4. The Kier molecular flexibility index (Phi) is 4.62. The second kappa shape index (κ2) is 7.44. The van der Waals surface area contributed by atoms with Crippen molar-refractivity contribution in [1.82, 2.24) is 24.9 Å². The number of carbonyl (C=O) groups is 1. The lowest BCUT2D eigenvalue weighted by Crippen LogP contribution is -2.33. The molecule has 1 aliphatic carbocycles. The maximum absolute atomic E-state index is 12.8. The van der Waals surface area contributed by atoms with Gasteiger partial charge in [0.15, 0.2) is 0 Å². The fraction of sp³-hybridized carbons (Fsp3) is 0.292. The summed E-state index contributed by atoms with van der Waals surface area (Å²) in [4.78, 5) is 12.8. The van der Waals surface area contributed by atoms with Crippen LogP contribution < -0.4 is 5.32 Å². The van der Waals surface area contributed by atoms with Gasteiger partial charge in [0.05, 0.1) is 29.6 Å². The number of aryl methyl sites for hydroxylation is 2. The van der Waals surface area contributed by atoms with Crippen LogP contribution in [0.5, 0.6) is 0 Å². The van der Waals surface area contributed by atoms with Crippen molar-refractivity contribution in [2.45, 2.75) is 45.7 Å². The molecule has 6 nitrogen and oxygen atoms in total. The highest BCUT2D eigenvalue weighted by molar-refractivity contribution is 5.82. The van der Waals surface area contributed by atoms with Crippen molar-refractivity contribution in [3.63, 3.8) is 0 Å². The molecule has 2 aromatic carbocycles. The van der Waals surface area contributed by atoms with Crippen LogP contribution in [0.1, 0.15) is 41.3 Å². The van der Waals surface area contributed by atoms with Crippen LogP contribution in [0, 0.1) is 13.8 Å². The van der Waals surface area contributed by atoms with E-state index in [2.05, 4.69) is 47.6 Å². The van der Waals surface area contributed by atoms with Gasteiger partial charge in [-0.05, 0) is 62.4 Å². The van der Waals surface area contributed by atoms with Gasteiger partial charge in [0, 0.05) is 16.6 Å². The van der Waals surface area contributed by atoms with E-state index >= 15 is 0 Å². The highest BCUT2D eigenvalue weighted by Crippen LogP contribution is 2.31. The summed E-state index contributed by atoms with van der Waals surface area (Å²) in [6, 6.07) is 14.4. The monoisotopic (exact) mass is 399 g/mol. The van der Waals surface area contributed by atoms with E-state index in [1.54, 1.807) is 10.9 Å². The predicted octanol–water partition coefficient (Wildman–Crippen LogP) is 4.03. The van der Waals surface area contributed by atoms with Crippen molar-refractivity contribution < 1.29 is 4.79 Å². The number of carbonyl (C=O) groups excluding carboxylic acids is 1. The average molecular weight is 399 g/mol. The Balaban J connectivity index is 1.37. The minimum atomic E-state index is -0.0270. The summed E-state index contributed by atoms with van der Waals surface area (Å²) in [6.45, 7) is 4.42. The topological polar surface area (TPSA) is 64.7 Å². The van der Waals surface area contributed by atoms with Crippen LogP contribution in [-0.4, -0.2) is 25.5 Å². The van der Waals surface area contributed by atoms with Crippen molar-refractivity contribution in [1.29, 1.82) is 0 Å². The predicted molar refractivity (Wildman–Crippen MR) is 117 cm³/mol. The summed E-state index contributed by atoms with van der Waals surface area (Å²) >= 11 is 0. The molecule has 152 valence electrons. The van der Waals surface area contributed by atoms with E-state index < -0.39 is 0 Å². The van der Waals surface area contributed by atoms with Gasteiger partial charge in [0.25, 0.3) is 0 Å². The Morgan fingerprint density at radius 1 is 1.10 bits per heavy atom. The second-order valence-corrected chi connectivity index (χ2v) is 8.18. The molecule has 0 saturated heterocycles. The van der Waals surface area contributed by atoms with E-state index in [1.807, 2.05) is 35.1 Å². The Morgan fingerprint density at radius 2 is 1.90 bits per heavy atom. The van der Waals surface area contributed by atoms with Gasteiger partial charge >= 0.3 is 0 Å². The zero-order valence-corrected chi connectivity index (χ0v) is 17.3. The molecular formula is C24H25N5O. The first-order valence-corrected chi connectivity index (χ1v) is 10.4. The van der Waals surface area contributed by atoms with Gasteiger partial charge in [-0.1, -0.05) is 24.3 Å². The van der Waals surface area contributed by atoms with E-state index in [0.29, 0.717) is 0 Å². The molecule has 6 heteroatoms. The third-order valence-electron chi connectivity index (χ3n) is 5.81. The minimum absolute atomic E-state index is 0.0114. The van der Waals surface area contributed by atoms with Crippen LogP contribution >= 0.6 is 0 Å². The summed E-state index contributed by atoms with van der Waals surface area (Å²) in [5.74, 6) is -0.0270. The number of nitrogens with one attached hydrogen (secondary N) is 1. The van der Waals surface area contributed by atoms with Gasteiger partial charge in [-0.2, -0.15) is 10.2 Å². The molecule has 0 aliphatic heterocycles. The Bertz CT molecular complexity index is 1220. The highest BCUT2D eigenvalue weighted by atomic mass is 16.2. The Morgan fingerprint density at radius 3 is 2.73 bits per heavy atom. The first kappa shape index (κ1) is 18.6. The van der Waals surface area contributed by atoms with Crippen LogP contribution in [0.25, 0.3) is 16.6 Å². The molecule has 1 unspecified atom stereocenters. The molecule has 5 rings (SSSR count). The second-order valence-electron chi connectivity index (χ2n) is 8.18. The molecule has 30 heavy (non-hydrogen) atoms. The molecule has 0 saturated carbocycles. The van der Waals surface area contributed by atoms with E-state index in [-0.39, 0.29) is 18.5 Å². The smallest absolute Gasteiger partial charge is 0.242 e.